The summed E-state index contributed by atoms with van der Waals surface area (Å²) in [6, 6.07) is 0. The molecule has 0 aliphatic heterocycles. The number of hydrogen-bond acceptors (Lipinski definition) is 1. The first kappa shape index (κ1) is 12.0. The Bertz CT molecular complexity index is 112. The first-order chi connectivity index (χ1) is 5.85. The number of halogens is 1. The van der Waals surface area contributed by atoms with E-state index in [1.54, 1.807) is 6.08 Å². The molecule has 0 saturated carbocycles. The van der Waals surface area contributed by atoms with Crippen molar-refractivity contribution < 1.29 is 4.39 Å². The fourth-order valence-corrected chi connectivity index (χ4v) is 2.16. The summed E-state index contributed by atoms with van der Waals surface area (Å²) < 4.78 is 11.8. The lowest BCUT2D eigenvalue weighted by Crippen LogP contribution is -1.98. The van der Waals surface area contributed by atoms with Gasteiger partial charge in [-0.15, -0.1) is 0 Å². The quantitative estimate of drug-likeness (QED) is 0.550. The molecule has 0 radical (unpaired) electrons. The van der Waals surface area contributed by atoms with E-state index in [1.165, 1.54) is 25.0 Å². The summed E-state index contributed by atoms with van der Waals surface area (Å²) in [5.41, 5.74) is 0. The van der Waals surface area contributed by atoms with Crippen molar-refractivity contribution in [3.8, 4) is 0 Å². The number of allylic oxidation sites excluding steroid dienone is 1. The highest BCUT2D eigenvalue weighted by Crippen LogP contribution is 2.18. The summed E-state index contributed by atoms with van der Waals surface area (Å²) in [5.74, 6) is 1.18. The van der Waals surface area contributed by atoms with E-state index in [9.17, 15) is 4.39 Å². The fraction of sp³-hybridized carbons (Fsp3) is 0.800. The Morgan fingerprint density at radius 2 is 2.08 bits per heavy atom. The third-order valence-electron chi connectivity index (χ3n) is 1.55. The van der Waals surface area contributed by atoms with Crippen LogP contribution in [0.4, 0.5) is 4.39 Å². The van der Waals surface area contributed by atoms with E-state index in [4.69, 9.17) is 0 Å². The molecule has 0 aromatic carbocycles. The third kappa shape index (κ3) is 6.71. The second-order valence-corrected chi connectivity index (χ2v) is 4.13. The molecule has 0 aromatic rings. The van der Waals surface area contributed by atoms with Crippen LogP contribution in [0.3, 0.4) is 0 Å². The van der Waals surface area contributed by atoms with E-state index in [0.29, 0.717) is 5.25 Å². The molecule has 0 heterocycles. The van der Waals surface area contributed by atoms with Gasteiger partial charge in [0.25, 0.3) is 0 Å². The lowest BCUT2D eigenvalue weighted by atomic mass is 10.2. The van der Waals surface area contributed by atoms with Gasteiger partial charge in [0.1, 0.15) is 6.67 Å². The van der Waals surface area contributed by atoms with Crippen LogP contribution in [0.25, 0.3) is 0 Å². The van der Waals surface area contributed by atoms with Crippen LogP contribution in [0.5, 0.6) is 0 Å². The van der Waals surface area contributed by atoms with Crippen molar-refractivity contribution in [3.63, 3.8) is 0 Å². The van der Waals surface area contributed by atoms with Gasteiger partial charge in [-0.1, -0.05) is 32.4 Å². The lowest BCUT2D eigenvalue weighted by Gasteiger charge is -2.09. The number of rotatable bonds is 7. The Hall–Kier alpha value is 0.0200. The molecule has 0 amide bonds. The minimum Gasteiger partial charge on any atom is -0.247 e. The first-order valence-electron chi connectivity index (χ1n) is 4.69. The van der Waals surface area contributed by atoms with Gasteiger partial charge in [-0.2, -0.15) is 11.8 Å². The van der Waals surface area contributed by atoms with Gasteiger partial charge < -0.3 is 0 Å². The van der Waals surface area contributed by atoms with Crippen LogP contribution in [-0.4, -0.2) is 17.7 Å². The number of thioether (sulfide) groups is 1. The molecule has 0 fully saturated rings. The highest BCUT2D eigenvalue weighted by Gasteiger charge is 2.01. The van der Waals surface area contributed by atoms with Crippen molar-refractivity contribution in [1.82, 2.24) is 0 Å². The second-order valence-electron chi connectivity index (χ2n) is 2.78. The molecule has 0 aromatic heterocycles. The molecule has 72 valence electrons. The van der Waals surface area contributed by atoms with Gasteiger partial charge in [0.2, 0.25) is 0 Å². The van der Waals surface area contributed by atoms with Crippen LogP contribution in [0.15, 0.2) is 12.2 Å². The van der Waals surface area contributed by atoms with Gasteiger partial charge in [0.15, 0.2) is 0 Å². The topological polar surface area (TPSA) is 0 Å². The van der Waals surface area contributed by atoms with Crippen molar-refractivity contribution in [2.24, 2.45) is 0 Å². The van der Waals surface area contributed by atoms with Crippen molar-refractivity contribution in [3.05, 3.63) is 12.2 Å². The first-order valence-corrected chi connectivity index (χ1v) is 5.74. The van der Waals surface area contributed by atoms with Gasteiger partial charge in [-0.05, 0) is 18.6 Å². The van der Waals surface area contributed by atoms with Crippen LogP contribution in [0.2, 0.25) is 0 Å². The highest BCUT2D eigenvalue weighted by molar-refractivity contribution is 8.00. The van der Waals surface area contributed by atoms with E-state index < -0.39 is 0 Å². The Morgan fingerprint density at radius 3 is 2.58 bits per heavy atom. The Labute approximate surface area is 79.6 Å². The SMILES string of the molecule is CCCSC(C=CCF)CCC. The highest BCUT2D eigenvalue weighted by atomic mass is 32.2. The van der Waals surface area contributed by atoms with Crippen LogP contribution in [0, 0.1) is 0 Å². The van der Waals surface area contributed by atoms with Crippen molar-refractivity contribution in [2.45, 2.75) is 38.4 Å². The molecule has 1 unspecified atom stereocenters. The van der Waals surface area contributed by atoms with E-state index >= 15 is 0 Å². The average Bonchev–Trinajstić information content (AvgIpc) is 2.10. The monoisotopic (exact) mass is 190 g/mol. The van der Waals surface area contributed by atoms with Crippen molar-refractivity contribution >= 4 is 11.8 Å². The molecule has 12 heavy (non-hydrogen) atoms. The van der Waals surface area contributed by atoms with E-state index in [1.807, 2.05) is 17.8 Å². The van der Waals surface area contributed by atoms with Crippen LogP contribution in [0.1, 0.15) is 33.1 Å². The minimum absolute atomic E-state index is 0.326. The maximum atomic E-state index is 11.8. The molecular formula is C10H19FS. The largest absolute Gasteiger partial charge is 0.247 e. The van der Waals surface area contributed by atoms with Crippen LogP contribution in [-0.2, 0) is 0 Å². The molecule has 1 atom stereocenters. The van der Waals surface area contributed by atoms with Gasteiger partial charge in [-0.25, -0.2) is 4.39 Å². The van der Waals surface area contributed by atoms with Crippen molar-refractivity contribution in [2.75, 3.05) is 12.4 Å². The molecule has 0 N–H and O–H groups in total. The summed E-state index contributed by atoms with van der Waals surface area (Å²) in [6.07, 6.45) is 7.18. The molecule has 0 nitrogen and oxygen atoms in total. The second kappa shape index (κ2) is 9.11. The lowest BCUT2D eigenvalue weighted by molar-refractivity contribution is 0.560. The molecule has 0 spiro atoms. The maximum absolute atomic E-state index is 11.8. The Morgan fingerprint density at radius 1 is 1.33 bits per heavy atom. The molecule has 0 saturated heterocycles. The van der Waals surface area contributed by atoms with E-state index in [-0.39, 0.29) is 6.67 Å². The van der Waals surface area contributed by atoms with Gasteiger partial charge >= 0.3 is 0 Å². The summed E-state index contributed by atoms with van der Waals surface area (Å²) in [4.78, 5) is 0. The van der Waals surface area contributed by atoms with Gasteiger partial charge in [-0.3, -0.25) is 0 Å². The van der Waals surface area contributed by atoms with E-state index in [2.05, 4.69) is 13.8 Å². The minimum atomic E-state index is -0.326. The molecule has 0 bridgehead atoms. The third-order valence-corrected chi connectivity index (χ3v) is 3.01. The number of hydrogen-bond donors (Lipinski definition) is 0. The van der Waals surface area contributed by atoms with Gasteiger partial charge in [0, 0.05) is 5.25 Å². The summed E-state index contributed by atoms with van der Waals surface area (Å²) >= 11 is 1.93. The zero-order valence-electron chi connectivity index (χ0n) is 8.05. The number of alkyl halides is 1. The summed E-state index contributed by atoms with van der Waals surface area (Å²) in [7, 11) is 0. The van der Waals surface area contributed by atoms with Gasteiger partial charge in [0.05, 0.1) is 0 Å². The molecule has 0 aliphatic rings. The Kier molecular flexibility index (Phi) is 9.13. The maximum Gasteiger partial charge on any atom is 0.108 e. The van der Waals surface area contributed by atoms with Crippen molar-refractivity contribution in [1.29, 1.82) is 0 Å². The summed E-state index contributed by atoms with van der Waals surface area (Å²) in [6.45, 7) is 4.02. The smallest absolute Gasteiger partial charge is 0.108 e. The zero-order chi connectivity index (χ0) is 9.23. The molecule has 0 rings (SSSR count). The summed E-state index contributed by atoms with van der Waals surface area (Å²) in [5, 5.41) is 0.533. The fourth-order valence-electron chi connectivity index (χ4n) is 0.992. The van der Waals surface area contributed by atoms with Crippen LogP contribution >= 0.6 is 11.8 Å². The Balaban J connectivity index is 3.61. The molecule has 2 heteroatoms. The zero-order valence-corrected chi connectivity index (χ0v) is 8.87. The molecular weight excluding hydrogens is 171 g/mol. The van der Waals surface area contributed by atoms with Crippen LogP contribution < -0.4 is 0 Å². The average molecular weight is 190 g/mol. The normalized spacial score (nSPS) is 13.9. The molecule has 0 aliphatic carbocycles. The predicted octanol–water partition coefficient (Wildman–Crippen LogP) is 3.82. The standard InChI is InChI=1S/C10H19FS/c1-3-6-10(7-5-8-11)12-9-4-2/h5,7,10H,3-4,6,8-9H2,1-2H3. The van der Waals surface area contributed by atoms with E-state index in [0.717, 1.165) is 0 Å². The predicted molar refractivity (Wildman–Crippen MR) is 56.6 cm³/mol.